The summed E-state index contributed by atoms with van der Waals surface area (Å²) in [5.74, 6) is -0.864. The molecule has 2 rings (SSSR count). The van der Waals surface area contributed by atoms with Gasteiger partial charge in [-0.05, 0) is 18.6 Å². The fraction of sp³-hybridized carbons (Fsp3) is 0.429. The normalized spacial score (nSPS) is 22.6. The van der Waals surface area contributed by atoms with Crippen molar-refractivity contribution in [3.8, 4) is 0 Å². The van der Waals surface area contributed by atoms with Crippen LogP contribution >= 0.6 is 0 Å². The first kappa shape index (κ1) is 14.6. The van der Waals surface area contributed by atoms with Crippen LogP contribution in [-0.2, 0) is 4.74 Å². The Kier molecular flexibility index (Phi) is 4.44. The number of nitrogens with zero attached hydrogens (tertiary/aromatic N) is 1. The highest BCUT2D eigenvalue weighted by molar-refractivity contribution is 5.89. The monoisotopic (exact) mass is 283 g/mol. The topological polar surface area (TPSA) is 46.6 Å². The molecule has 4 nitrogen and oxygen atoms in total. The summed E-state index contributed by atoms with van der Waals surface area (Å²) < 4.78 is 32.8. The first-order valence-corrected chi connectivity index (χ1v) is 6.27. The van der Waals surface area contributed by atoms with Crippen LogP contribution < -0.4 is 4.90 Å². The van der Waals surface area contributed by atoms with Crippen LogP contribution in [0, 0.1) is 5.82 Å². The smallest absolute Gasteiger partial charge is 0.155 e. The number of halogens is 2. The maximum atomic E-state index is 13.9. The number of hydrogen-bond acceptors (Lipinski definition) is 4. The van der Waals surface area contributed by atoms with Gasteiger partial charge in [-0.3, -0.25) is 9.59 Å². The summed E-state index contributed by atoms with van der Waals surface area (Å²) in [7, 11) is 1.45. The molecule has 0 saturated carbocycles. The third kappa shape index (κ3) is 2.56. The lowest BCUT2D eigenvalue weighted by Crippen LogP contribution is -2.45. The Hall–Kier alpha value is -1.82. The molecule has 1 aromatic rings. The second kappa shape index (κ2) is 6.09. The molecule has 108 valence electrons. The van der Waals surface area contributed by atoms with Gasteiger partial charge in [0, 0.05) is 13.7 Å². The molecule has 1 heterocycles. The second-order valence-electron chi connectivity index (χ2n) is 4.66. The van der Waals surface area contributed by atoms with Gasteiger partial charge in [-0.15, -0.1) is 0 Å². The molecule has 0 aromatic heterocycles. The Morgan fingerprint density at radius 1 is 1.35 bits per heavy atom. The minimum absolute atomic E-state index is 0.0270. The highest BCUT2D eigenvalue weighted by Gasteiger charge is 2.30. The third-order valence-electron chi connectivity index (χ3n) is 3.56. The maximum absolute atomic E-state index is 13.9. The minimum Gasteiger partial charge on any atom is -0.378 e. The molecule has 0 N–H and O–H groups in total. The van der Waals surface area contributed by atoms with Crippen LogP contribution in [0.25, 0.3) is 0 Å². The van der Waals surface area contributed by atoms with E-state index in [0.717, 1.165) is 0 Å². The molecule has 1 aliphatic heterocycles. The van der Waals surface area contributed by atoms with Gasteiger partial charge in [0.2, 0.25) is 0 Å². The van der Waals surface area contributed by atoms with Crippen LogP contribution in [0.2, 0.25) is 0 Å². The number of carbonyl (C=O) groups is 2. The van der Waals surface area contributed by atoms with Crippen molar-refractivity contribution < 1.29 is 23.1 Å². The largest absolute Gasteiger partial charge is 0.378 e. The van der Waals surface area contributed by atoms with E-state index in [9.17, 15) is 18.4 Å². The van der Waals surface area contributed by atoms with E-state index in [4.69, 9.17) is 4.74 Å². The molecular weight excluding hydrogens is 268 g/mol. The van der Waals surface area contributed by atoms with Crippen LogP contribution in [0.4, 0.5) is 14.5 Å². The molecule has 1 saturated heterocycles. The number of aldehydes is 2. The molecule has 2 unspecified atom stereocenters. The van der Waals surface area contributed by atoms with Crippen LogP contribution in [0.1, 0.15) is 27.1 Å². The number of carbonyl (C=O) groups excluding carboxylic acids is 2. The number of ether oxygens (including phenoxy) is 1. The van der Waals surface area contributed by atoms with Crippen molar-refractivity contribution in [3.63, 3.8) is 0 Å². The van der Waals surface area contributed by atoms with Crippen molar-refractivity contribution in [2.24, 2.45) is 0 Å². The van der Waals surface area contributed by atoms with Crippen molar-refractivity contribution in [1.82, 2.24) is 0 Å². The fourth-order valence-corrected chi connectivity index (χ4v) is 2.45. The van der Waals surface area contributed by atoms with E-state index in [1.807, 2.05) is 0 Å². The average molecular weight is 283 g/mol. The van der Waals surface area contributed by atoms with Gasteiger partial charge in [0.15, 0.2) is 12.6 Å². The summed E-state index contributed by atoms with van der Waals surface area (Å²) in [6.45, 7) is 0.485. The molecule has 1 fully saturated rings. The lowest BCUT2D eigenvalue weighted by atomic mass is 10.0. The van der Waals surface area contributed by atoms with Gasteiger partial charge in [-0.1, -0.05) is 0 Å². The Balaban J connectivity index is 2.32. The van der Waals surface area contributed by atoms with Gasteiger partial charge in [-0.25, -0.2) is 8.78 Å². The zero-order valence-corrected chi connectivity index (χ0v) is 11.0. The molecule has 2 atom stereocenters. The summed E-state index contributed by atoms with van der Waals surface area (Å²) in [4.78, 5) is 23.3. The number of hydrogen-bond donors (Lipinski definition) is 0. The number of anilines is 1. The Labute approximate surface area is 115 Å². The predicted octanol–water partition coefficient (Wildman–Crippen LogP) is 2.01. The van der Waals surface area contributed by atoms with E-state index >= 15 is 0 Å². The Bertz CT molecular complexity index is 521. The Morgan fingerprint density at radius 3 is 2.65 bits per heavy atom. The van der Waals surface area contributed by atoms with Crippen LogP contribution in [0.5, 0.6) is 0 Å². The number of rotatable bonds is 4. The molecule has 0 radical (unpaired) electrons. The third-order valence-corrected chi connectivity index (χ3v) is 3.56. The van der Waals surface area contributed by atoms with E-state index in [1.54, 1.807) is 4.90 Å². The molecule has 1 aromatic carbocycles. The standard InChI is InChI=1S/C14H15F2NO3/c1-20-13-4-5-17(6-11(13)15)12-3-2-9(7-18)14(16)10(12)8-19/h2-3,7-8,11,13H,4-6H2,1H3. The summed E-state index contributed by atoms with van der Waals surface area (Å²) in [6.07, 6.45) is -0.534. The molecular formula is C14H15F2NO3. The zero-order valence-electron chi connectivity index (χ0n) is 11.0. The van der Waals surface area contributed by atoms with Crippen LogP contribution in [0.15, 0.2) is 12.1 Å². The van der Waals surface area contributed by atoms with E-state index in [1.165, 1.54) is 19.2 Å². The first-order chi connectivity index (χ1) is 9.62. The quantitative estimate of drug-likeness (QED) is 0.793. The second-order valence-corrected chi connectivity index (χ2v) is 4.66. The van der Waals surface area contributed by atoms with E-state index in [-0.39, 0.29) is 17.7 Å². The Morgan fingerprint density at radius 2 is 2.10 bits per heavy atom. The van der Waals surface area contributed by atoms with E-state index < -0.39 is 18.1 Å². The number of methoxy groups -OCH3 is 1. The zero-order chi connectivity index (χ0) is 14.7. The summed E-state index contributed by atoms with van der Waals surface area (Å²) in [5, 5.41) is 0. The molecule has 0 bridgehead atoms. The van der Waals surface area contributed by atoms with Crippen LogP contribution in [0.3, 0.4) is 0 Å². The number of alkyl halides is 1. The SMILES string of the molecule is COC1CCN(c2ccc(C=O)c(F)c2C=O)CC1F. The molecule has 6 heteroatoms. The first-order valence-electron chi connectivity index (χ1n) is 6.27. The van der Waals surface area contributed by atoms with E-state index in [0.29, 0.717) is 31.2 Å². The van der Waals surface area contributed by atoms with Crippen molar-refractivity contribution >= 4 is 18.3 Å². The van der Waals surface area contributed by atoms with Crippen molar-refractivity contribution in [2.45, 2.75) is 18.7 Å². The van der Waals surface area contributed by atoms with Crippen molar-refractivity contribution in [3.05, 3.63) is 29.1 Å². The fourth-order valence-electron chi connectivity index (χ4n) is 2.45. The van der Waals surface area contributed by atoms with Gasteiger partial charge in [0.1, 0.15) is 12.0 Å². The lowest BCUT2D eigenvalue weighted by molar-refractivity contribution is 0.0196. The predicted molar refractivity (Wildman–Crippen MR) is 69.7 cm³/mol. The summed E-state index contributed by atoms with van der Waals surface area (Å²) in [6, 6.07) is 2.76. The molecule has 1 aliphatic rings. The molecule has 0 amide bonds. The van der Waals surface area contributed by atoms with Gasteiger partial charge in [-0.2, -0.15) is 0 Å². The maximum Gasteiger partial charge on any atom is 0.155 e. The highest BCUT2D eigenvalue weighted by atomic mass is 19.1. The lowest BCUT2D eigenvalue weighted by Gasteiger charge is -2.36. The van der Waals surface area contributed by atoms with Gasteiger partial charge in [0.25, 0.3) is 0 Å². The van der Waals surface area contributed by atoms with Crippen LogP contribution in [-0.4, -0.2) is 45.0 Å². The summed E-state index contributed by atoms with van der Waals surface area (Å²) >= 11 is 0. The van der Waals surface area contributed by atoms with Gasteiger partial charge in [0.05, 0.1) is 29.5 Å². The van der Waals surface area contributed by atoms with Gasteiger partial charge < -0.3 is 9.64 Å². The number of piperidine rings is 1. The van der Waals surface area contributed by atoms with Crippen molar-refractivity contribution in [1.29, 1.82) is 0 Å². The summed E-state index contributed by atoms with van der Waals surface area (Å²) in [5.41, 5.74) is -0.0857. The molecule has 0 aliphatic carbocycles. The number of benzene rings is 1. The molecule has 20 heavy (non-hydrogen) atoms. The van der Waals surface area contributed by atoms with E-state index in [2.05, 4.69) is 0 Å². The minimum atomic E-state index is -1.21. The van der Waals surface area contributed by atoms with Crippen molar-refractivity contribution in [2.75, 3.05) is 25.1 Å². The van der Waals surface area contributed by atoms with Gasteiger partial charge >= 0.3 is 0 Å². The highest BCUT2D eigenvalue weighted by Crippen LogP contribution is 2.28. The molecule has 0 spiro atoms. The average Bonchev–Trinajstić information content (AvgIpc) is 2.46.